The van der Waals surface area contributed by atoms with Gasteiger partial charge in [-0.25, -0.2) is 9.98 Å². The molecule has 8 heteroatoms. The molecular formula is C10H3N4O4. The van der Waals surface area contributed by atoms with Crippen LogP contribution in [-0.4, -0.2) is 16.7 Å². The van der Waals surface area contributed by atoms with Crippen molar-refractivity contribution < 1.29 is 14.5 Å². The van der Waals surface area contributed by atoms with Gasteiger partial charge in [-0.15, -0.1) is 0 Å². The van der Waals surface area contributed by atoms with Gasteiger partial charge in [0.05, 0.1) is 4.92 Å². The molecule has 0 N–H and O–H groups in total. The fourth-order valence-corrected chi connectivity index (χ4v) is 1.78. The van der Waals surface area contributed by atoms with E-state index in [4.69, 9.17) is 0 Å². The molecule has 0 aromatic heterocycles. The summed E-state index contributed by atoms with van der Waals surface area (Å²) in [6.45, 7) is 0. The number of hydrogen-bond donors (Lipinski definition) is 0. The Morgan fingerprint density at radius 3 is 2.72 bits per heavy atom. The molecule has 2 aliphatic heterocycles. The van der Waals surface area contributed by atoms with Gasteiger partial charge in [0.15, 0.2) is 11.0 Å². The number of amides is 2. The van der Waals surface area contributed by atoms with E-state index < -0.39 is 22.4 Å². The number of nitro groups is 1. The van der Waals surface area contributed by atoms with Gasteiger partial charge in [0.1, 0.15) is 5.36 Å². The zero-order valence-corrected chi connectivity index (χ0v) is 8.65. The first-order valence-corrected chi connectivity index (χ1v) is 4.82. The summed E-state index contributed by atoms with van der Waals surface area (Å²) in [5.74, 6) is -2.15. The van der Waals surface area contributed by atoms with Gasteiger partial charge in [-0.05, 0) is 12.1 Å². The van der Waals surface area contributed by atoms with Gasteiger partial charge < -0.3 is 0 Å². The third-order valence-corrected chi connectivity index (χ3v) is 2.52. The van der Waals surface area contributed by atoms with Gasteiger partial charge in [-0.2, -0.15) is 5.32 Å². The quantitative estimate of drug-likeness (QED) is 0.361. The highest BCUT2D eigenvalue weighted by molar-refractivity contribution is 6.37. The molecule has 18 heavy (non-hydrogen) atoms. The van der Waals surface area contributed by atoms with Crippen LogP contribution in [0.15, 0.2) is 22.3 Å². The van der Waals surface area contributed by atoms with E-state index in [2.05, 4.69) is 15.3 Å². The summed E-state index contributed by atoms with van der Waals surface area (Å²) in [7, 11) is 0. The standard InChI is InChI=1S/C10H3N4O4/c15-9-10(16)13-7-5(12-9)3-4-1-2-11-6(4)8(7)14(17)18/h1-3H. The summed E-state index contributed by atoms with van der Waals surface area (Å²) in [4.78, 5) is 40.0. The van der Waals surface area contributed by atoms with Crippen LogP contribution in [0, 0.1) is 10.1 Å². The van der Waals surface area contributed by atoms with Gasteiger partial charge in [0, 0.05) is 11.8 Å². The molecule has 0 spiro atoms. The van der Waals surface area contributed by atoms with Crippen LogP contribution in [0.2, 0.25) is 0 Å². The van der Waals surface area contributed by atoms with Gasteiger partial charge in [0.25, 0.3) is 0 Å². The van der Waals surface area contributed by atoms with Gasteiger partial charge in [-0.1, -0.05) is 0 Å². The Balaban J connectivity index is 2.47. The van der Waals surface area contributed by atoms with E-state index in [9.17, 15) is 19.7 Å². The Bertz CT molecular complexity index is 778. The second-order valence-electron chi connectivity index (χ2n) is 3.57. The molecule has 2 heterocycles. The lowest BCUT2D eigenvalue weighted by Gasteiger charge is -2.07. The van der Waals surface area contributed by atoms with E-state index in [0.717, 1.165) is 0 Å². The molecule has 0 unspecified atom stereocenters. The fraction of sp³-hybridized carbons (Fsp3) is 0. The third kappa shape index (κ3) is 1.25. The van der Waals surface area contributed by atoms with Crippen molar-refractivity contribution in [3.05, 3.63) is 38.7 Å². The summed E-state index contributed by atoms with van der Waals surface area (Å²) in [6.07, 6.45) is 2.95. The molecule has 2 amide bonds. The van der Waals surface area contributed by atoms with Crippen LogP contribution in [0.4, 0.5) is 11.4 Å². The van der Waals surface area contributed by atoms with Crippen molar-refractivity contribution in [2.75, 3.05) is 0 Å². The highest BCUT2D eigenvalue weighted by Crippen LogP contribution is 2.20. The molecule has 1 aromatic carbocycles. The average molecular weight is 243 g/mol. The van der Waals surface area contributed by atoms with Crippen LogP contribution in [-0.2, 0) is 9.59 Å². The van der Waals surface area contributed by atoms with Crippen molar-refractivity contribution in [3.63, 3.8) is 0 Å². The molecule has 0 saturated carbocycles. The third-order valence-electron chi connectivity index (χ3n) is 2.52. The van der Waals surface area contributed by atoms with E-state index in [1.165, 1.54) is 12.3 Å². The first-order chi connectivity index (χ1) is 8.58. The van der Waals surface area contributed by atoms with Crippen LogP contribution in [0.1, 0.15) is 5.56 Å². The normalized spacial score (nSPS) is 15.3. The Morgan fingerprint density at radius 2 is 2.00 bits per heavy atom. The summed E-state index contributed by atoms with van der Waals surface area (Å²) >= 11 is 0. The molecule has 0 aliphatic carbocycles. The predicted molar refractivity (Wildman–Crippen MR) is 56.3 cm³/mol. The predicted octanol–water partition coefficient (Wildman–Crippen LogP) is -0.879. The van der Waals surface area contributed by atoms with Crippen molar-refractivity contribution in [1.29, 1.82) is 0 Å². The minimum atomic E-state index is -1.11. The lowest BCUT2D eigenvalue weighted by molar-refractivity contribution is -0.385. The smallest absolute Gasteiger partial charge is 0.261 e. The summed E-state index contributed by atoms with van der Waals surface area (Å²) < 4.78 is 0. The lowest BCUT2D eigenvalue weighted by Crippen LogP contribution is -2.34. The maximum absolute atomic E-state index is 11.2. The van der Waals surface area contributed by atoms with Gasteiger partial charge >= 0.3 is 17.5 Å². The topological polar surface area (TPSA) is 116 Å². The number of fused-ring (bicyclic) bond motifs is 2. The summed E-state index contributed by atoms with van der Waals surface area (Å²) in [5, 5.41) is 14.6. The molecule has 0 fully saturated rings. The molecule has 8 nitrogen and oxygen atoms in total. The Morgan fingerprint density at radius 1 is 1.22 bits per heavy atom. The number of nitro benzene ring substituents is 1. The number of carbonyl (C=O) groups excluding carboxylic acids is 2. The molecule has 3 rings (SSSR count). The number of carbonyl (C=O) groups is 2. The highest BCUT2D eigenvalue weighted by atomic mass is 16.6. The second kappa shape index (κ2) is 3.29. The molecule has 0 bridgehead atoms. The SMILES string of the molecule is O=C1[N]c2c([N+](=O)[O-])c3c(cc2=NC1=O)C=CN=3. The van der Waals surface area contributed by atoms with Crippen molar-refractivity contribution in [2.24, 2.45) is 9.98 Å². The van der Waals surface area contributed by atoms with Crippen LogP contribution in [0.5, 0.6) is 0 Å². The number of benzene rings is 1. The van der Waals surface area contributed by atoms with Crippen LogP contribution in [0.3, 0.4) is 0 Å². The fourth-order valence-electron chi connectivity index (χ4n) is 1.78. The van der Waals surface area contributed by atoms with E-state index in [0.29, 0.717) is 5.56 Å². The molecule has 1 radical (unpaired) electrons. The molecular weight excluding hydrogens is 240 g/mol. The zero-order chi connectivity index (χ0) is 12.9. The second-order valence-corrected chi connectivity index (χ2v) is 3.57. The van der Waals surface area contributed by atoms with Crippen molar-refractivity contribution in [2.45, 2.75) is 0 Å². The van der Waals surface area contributed by atoms with Gasteiger partial charge in [-0.3, -0.25) is 19.7 Å². The zero-order valence-electron chi connectivity index (χ0n) is 8.65. The number of nitrogens with zero attached hydrogens (tertiary/aromatic N) is 4. The Kier molecular flexibility index (Phi) is 1.88. The van der Waals surface area contributed by atoms with Crippen LogP contribution >= 0.6 is 0 Å². The van der Waals surface area contributed by atoms with Gasteiger partial charge in [0.2, 0.25) is 0 Å². The molecule has 0 saturated heterocycles. The molecule has 87 valence electrons. The molecule has 1 aromatic rings. The van der Waals surface area contributed by atoms with Crippen molar-refractivity contribution in [3.8, 4) is 0 Å². The molecule has 2 aliphatic rings. The minimum Gasteiger partial charge on any atom is -0.261 e. The van der Waals surface area contributed by atoms with E-state index in [1.54, 1.807) is 6.08 Å². The first-order valence-electron chi connectivity index (χ1n) is 4.82. The lowest BCUT2D eigenvalue weighted by atomic mass is 10.1. The highest BCUT2D eigenvalue weighted by Gasteiger charge is 2.31. The Labute approximate surface area is 98.5 Å². The van der Waals surface area contributed by atoms with E-state index in [-0.39, 0.29) is 16.4 Å². The summed E-state index contributed by atoms with van der Waals surface area (Å²) in [5.41, 5.74) is -0.144. The molecule has 0 atom stereocenters. The Hall–Kier alpha value is -2.90. The monoisotopic (exact) mass is 243 g/mol. The van der Waals surface area contributed by atoms with Crippen LogP contribution < -0.4 is 16.0 Å². The maximum atomic E-state index is 11.2. The van der Waals surface area contributed by atoms with Crippen molar-refractivity contribution >= 4 is 29.3 Å². The first kappa shape index (κ1) is 10.3. The maximum Gasteiger partial charge on any atom is 0.338 e. The van der Waals surface area contributed by atoms with E-state index in [1.807, 2.05) is 0 Å². The van der Waals surface area contributed by atoms with Crippen molar-refractivity contribution in [1.82, 2.24) is 5.32 Å². The summed E-state index contributed by atoms with van der Waals surface area (Å²) in [6, 6.07) is 1.44. The average Bonchev–Trinajstić information content (AvgIpc) is 2.74. The van der Waals surface area contributed by atoms with Crippen LogP contribution in [0.25, 0.3) is 6.08 Å². The number of hydrogen-bond acceptors (Lipinski definition) is 5. The largest absolute Gasteiger partial charge is 0.338 e. The number of rotatable bonds is 1. The van der Waals surface area contributed by atoms with E-state index >= 15 is 0 Å². The minimum absolute atomic E-state index is 0.0202.